The predicted molar refractivity (Wildman–Crippen MR) is 309 cm³/mol. The van der Waals surface area contributed by atoms with Gasteiger partial charge in [-0.3, -0.25) is 4.79 Å². The van der Waals surface area contributed by atoms with Crippen molar-refractivity contribution < 1.29 is 39.8 Å². The molecule has 436 valence electrons. The van der Waals surface area contributed by atoms with Gasteiger partial charge in [-0.1, -0.05) is 328 Å². The maximum absolute atomic E-state index is 13.1. The van der Waals surface area contributed by atoms with Gasteiger partial charge in [0.2, 0.25) is 5.91 Å². The molecule has 1 fully saturated rings. The molecule has 2 unspecified atom stereocenters. The van der Waals surface area contributed by atoms with E-state index in [0.29, 0.717) is 12.8 Å². The van der Waals surface area contributed by atoms with E-state index in [0.717, 1.165) is 38.5 Å². The summed E-state index contributed by atoms with van der Waals surface area (Å²) in [5, 5.41) is 54.7. The Kier molecular flexibility index (Phi) is 52.5. The maximum atomic E-state index is 13.1. The number of hydrogen-bond acceptors (Lipinski definition) is 8. The highest BCUT2D eigenvalue weighted by atomic mass is 16.7. The second kappa shape index (κ2) is 54.5. The van der Waals surface area contributed by atoms with Crippen molar-refractivity contribution in [2.24, 2.45) is 0 Å². The fourth-order valence-electron chi connectivity index (χ4n) is 11.0. The van der Waals surface area contributed by atoms with Crippen LogP contribution in [0.15, 0.2) is 0 Å². The lowest BCUT2D eigenvalue weighted by atomic mass is 9.99. The SMILES string of the molecule is CCCCCCCCCCCCCCCCCCCCCCCCCCCCCCCCCCCCCC(=O)N[C@@H](CO[C@@H]1O[C@H](CO)[C@H](O)C(O)C1O)[C@H](O)CCCCCCCCCCCCCCCCC. The van der Waals surface area contributed by atoms with E-state index >= 15 is 0 Å². The second-order valence-corrected chi connectivity index (χ2v) is 23.3. The molecule has 7 atom stereocenters. The van der Waals surface area contributed by atoms with Crippen LogP contribution >= 0.6 is 0 Å². The van der Waals surface area contributed by atoms with E-state index in [-0.39, 0.29) is 12.5 Å². The molecule has 1 amide bonds. The van der Waals surface area contributed by atoms with Crippen LogP contribution in [0.5, 0.6) is 0 Å². The van der Waals surface area contributed by atoms with Gasteiger partial charge in [0.1, 0.15) is 24.4 Å². The van der Waals surface area contributed by atoms with Crippen molar-refractivity contribution >= 4 is 5.91 Å². The molecule has 0 radical (unpaired) electrons. The molecule has 9 nitrogen and oxygen atoms in total. The van der Waals surface area contributed by atoms with Crippen LogP contribution in [0, 0.1) is 0 Å². The van der Waals surface area contributed by atoms with Gasteiger partial charge in [0.25, 0.3) is 0 Å². The van der Waals surface area contributed by atoms with Gasteiger partial charge in [0.15, 0.2) is 6.29 Å². The summed E-state index contributed by atoms with van der Waals surface area (Å²) in [4.78, 5) is 13.1. The number of unbranched alkanes of at least 4 members (excludes halogenated alkanes) is 48. The zero-order valence-corrected chi connectivity index (χ0v) is 48.7. The molecule has 0 aromatic rings. The Morgan fingerprint density at radius 3 is 0.973 bits per heavy atom. The standard InChI is InChI=1S/C64H127NO8/c1-3-5-7-9-11-13-15-17-19-20-21-22-23-24-25-26-27-28-29-30-31-32-33-34-35-36-37-38-40-42-44-46-48-50-52-54-60(68)65-57(56-72-64-63(71)62(70)61(69)59(55-66)73-64)58(67)53-51-49-47-45-43-41-39-18-16-14-12-10-8-6-4-2/h57-59,61-64,66-67,69-71H,3-56H2,1-2H3,(H,65,68)/t57-,58+,59+,61-,62?,63?,64+/m0/s1. The summed E-state index contributed by atoms with van der Waals surface area (Å²) in [6.45, 7) is 3.89. The predicted octanol–water partition coefficient (Wildman–Crippen LogP) is 17.0. The van der Waals surface area contributed by atoms with Crippen molar-refractivity contribution in [1.29, 1.82) is 0 Å². The fraction of sp³-hybridized carbons (Fsp3) is 0.984. The lowest BCUT2D eigenvalue weighted by molar-refractivity contribution is -0.302. The lowest BCUT2D eigenvalue weighted by Crippen LogP contribution is -2.60. The van der Waals surface area contributed by atoms with Crippen LogP contribution in [0.4, 0.5) is 0 Å². The minimum Gasteiger partial charge on any atom is -0.394 e. The molecule has 1 aliphatic rings. The van der Waals surface area contributed by atoms with Crippen molar-refractivity contribution in [3.05, 3.63) is 0 Å². The largest absolute Gasteiger partial charge is 0.394 e. The second-order valence-electron chi connectivity index (χ2n) is 23.3. The van der Waals surface area contributed by atoms with E-state index in [4.69, 9.17) is 9.47 Å². The number of aliphatic hydroxyl groups excluding tert-OH is 5. The van der Waals surface area contributed by atoms with Crippen molar-refractivity contribution in [3.8, 4) is 0 Å². The van der Waals surface area contributed by atoms with Gasteiger partial charge in [0.05, 0.1) is 25.4 Å². The van der Waals surface area contributed by atoms with E-state index in [9.17, 15) is 30.3 Å². The molecule has 0 spiro atoms. The topological polar surface area (TPSA) is 149 Å². The number of hydrogen-bond donors (Lipinski definition) is 6. The molecule has 9 heteroatoms. The third kappa shape index (κ3) is 43.8. The Bertz CT molecular complexity index is 1110. The fourth-order valence-corrected chi connectivity index (χ4v) is 11.0. The highest BCUT2D eigenvalue weighted by molar-refractivity contribution is 5.76. The first-order valence-electron chi connectivity index (χ1n) is 32.7. The summed E-state index contributed by atoms with van der Waals surface area (Å²) < 4.78 is 11.3. The molecule has 73 heavy (non-hydrogen) atoms. The highest BCUT2D eigenvalue weighted by Gasteiger charge is 2.44. The Balaban J connectivity index is 2.04. The zero-order valence-electron chi connectivity index (χ0n) is 48.7. The van der Waals surface area contributed by atoms with Gasteiger partial charge in [-0.2, -0.15) is 0 Å². The van der Waals surface area contributed by atoms with Crippen LogP contribution in [-0.4, -0.2) is 87.5 Å². The first kappa shape index (κ1) is 70.2. The molecule has 0 bridgehead atoms. The Morgan fingerprint density at radius 2 is 0.685 bits per heavy atom. The summed E-state index contributed by atoms with van der Waals surface area (Å²) in [7, 11) is 0. The van der Waals surface area contributed by atoms with E-state index < -0.39 is 49.5 Å². The van der Waals surface area contributed by atoms with Crippen LogP contribution in [0.25, 0.3) is 0 Å². The molecule has 0 aromatic heterocycles. The summed E-state index contributed by atoms with van der Waals surface area (Å²) in [5.41, 5.74) is 0. The lowest BCUT2D eigenvalue weighted by Gasteiger charge is -2.40. The molecule has 0 aromatic carbocycles. The molecule has 0 saturated carbocycles. The number of rotatable bonds is 58. The smallest absolute Gasteiger partial charge is 0.220 e. The van der Waals surface area contributed by atoms with E-state index in [2.05, 4.69) is 19.2 Å². The molecule has 1 saturated heterocycles. The number of carbonyl (C=O) groups is 1. The van der Waals surface area contributed by atoms with Crippen LogP contribution in [0.3, 0.4) is 0 Å². The van der Waals surface area contributed by atoms with Crippen molar-refractivity contribution in [3.63, 3.8) is 0 Å². The third-order valence-electron chi connectivity index (χ3n) is 16.2. The monoisotopic (exact) mass is 1040 g/mol. The van der Waals surface area contributed by atoms with Crippen LogP contribution < -0.4 is 5.32 Å². The minimum absolute atomic E-state index is 0.131. The van der Waals surface area contributed by atoms with E-state index in [1.807, 2.05) is 0 Å². The van der Waals surface area contributed by atoms with Gasteiger partial charge in [-0.25, -0.2) is 0 Å². The maximum Gasteiger partial charge on any atom is 0.220 e. The summed E-state index contributed by atoms with van der Waals surface area (Å²) in [6, 6.07) is -0.713. The van der Waals surface area contributed by atoms with E-state index in [1.54, 1.807) is 0 Å². The normalized spacial score (nSPS) is 18.9. The van der Waals surface area contributed by atoms with Gasteiger partial charge < -0.3 is 40.3 Å². The van der Waals surface area contributed by atoms with Crippen molar-refractivity contribution in [2.75, 3.05) is 13.2 Å². The summed E-state index contributed by atoms with van der Waals surface area (Å²) in [5.74, 6) is -0.135. The molecule has 1 aliphatic heterocycles. The van der Waals surface area contributed by atoms with Crippen LogP contribution in [0.1, 0.15) is 348 Å². The molecular weight excluding hydrogens is 911 g/mol. The summed E-state index contributed by atoms with van der Waals surface area (Å²) in [6.07, 6.45) is 60.3. The average molecular weight is 1040 g/mol. The van der Waals surface area contributed by atoms with Crippen molar-refractivity contribution in [2.45, 2.75) is 391 Å². The number of amides is 1. The molecule has 1 rings (SSSR count). The number of aliphatic hydroxyl groups is 5. The Hall–Kier alpha value is -0.810. The van der Waals surface area contributed by atoms with Gasteiger partial charge in [-0.15, -0.1) is 0 Å². The van der Waals surface area contributed by atoms with Gasteiger partial charge in [-0.05, 0) is 12.8 Å². The third-order valence-corrected chi connectivity index (χ3v) is 16.2. The van der Waals surface area contributed by atoms with Gasteiger partial charge >= 0.3 is 0 Å². The first-order valence-corrected chi connectivity index (χ1v) is 32.7. The molecular formula is C64H127NO8. The van der Waals surface area contributed by atoms with Crippen LogP contribution in [0.2, 0.25) is 0 Å². The number of carbonyl (C=O) groups excluding carboxylic acids is 1. The molecule has 6 N–H and O–H groups in total. The minimum atomic E-state index is -1.55. The number of ether oxygens (including phenoxy) is 2. The molecule has 1 heterocycles. The van der Waals surface area contributed by atoms with E-state index in [1.165, 1.54) is 283 Å². The number of nitrogens with one attached hydrogen (secondary N) is 1. The average Bonchev–Trinajstić information content (AvgIpc) is 3.39. The quantitative estimate of drug-likeness (QED) is 0.0330. The van der Waals surface area contributed by atoms with Crippen LogP contribution in [-0.2, 0) is 14.3 Å². The van der Waals surface area contributed by atoms with Gasteiger partial charge in [0, 0.05) is 6.42 Å². The Labute approximate surface area is 453 Å². The molecule has 0 aliphatic carbocycles. The first-order chi connectivity index (χ1) is 35.8. The Morgan fingerprint density at radius 1 is 0.411 bits per heavy atom. The van der Waals surface area contributed by atoms with Crippen molar-refractivity contribution in [1.82, 2.24) is 5.32 Å². The highest BCUT2D eigenvalue weighted by Crippen LogP contribution is 2.24. The summed E-state index contributed by atoms with van der Waals surface area (Å²) >= 11 is 0. The zero-order chi connectivity index (χ0) is 52.9.